The normalized spacial score (nSPS) is 12.9. The fourth-order valence-electron chi connectivity index (χ4n) is 0.958. The molecule has 0 fully saturated rings. The Kier molecular flexibility index (Phi) is 3.74. The lowest BCUT2D eigenvalue weighted by atomic mass is 10.2. The van der Waals surface area contributed by atoms with Gasteiger partial charge in [-0.1, -0.05) is 0 Å². The van der Waals surface area contributed by atoms with E-state index in [1.165, 1.54) is 0 Å². The molecule has 2 N–H and O–H groups in total. The molecule has 0 saturated heterocycles. The van der Waals surface area contributed by atoms with E-state index >= 15 is 0 Å². The minimum Gasteiger partial charge on any atom is -0.386 e. The minimum atomic E-state index is -4.58. The zero-order valence-corrected chi connectivity index (χ0v) is 8.61. The van der Waals surface area contributed by atoms with Gasteiger partial charge in [0.2, 0.25) is 0 Å². The SMILES string of the molecule is NC(CCl)=Nc1ccc(C(F)(F)F)cc1F. The molecule has 0 heterocycles. The average molecular weight is 255 g/mol. The molecule has 16 heavy (non-hydrogen) atoms. The summed E-state index contributed by atoms with van der Waals surface area (Å²) < 4.78 is 49.7. The number of hydrogen-bond acceptors (Lipinski definition) is 1. The van der Waals surface area contributed by atoms with Crippen molar-refractivity contribution in [3.8, 4) is 0 Å². The van der Waals surface area contributed by atoms with Gasteiger partial charge in [-0.15, -0.1) is 11.6 Å². The molecule has 7 heteroatoms. The van der Waals surface area contributed by atoms with E-state index in [1.807, 2.05) is 0 Å². The van der Waals surface area contributed by atoms with Crippen LogP contribution in [0.5, 0.6) is 0 Å². The second kappa shape index (κ2) is 4.69. The number of alkyl halides is 4. The molecular formula is C9H7ClF4N2. The fourth-order valence-corrected chi connectivity index (χ4v) is 1.02. The third-order valence-corrected chi connectivity index (χ3v) is 1.95. The number of benzene rings is 1. The summed E-state index contributed by atoms with van der Waals surface area (Å²) in [7, 11) is 0. The van der Waals surface area contributed by atoms with Gasteiger partial charge in [0.15, 0.2) is 0 Å². The van der Waals surface area contributed by atoms with Crippen LogP contribution in [0.4, 0.5) is 23.2 Å². The highest BCUT2D eigenvalue weighted by Gasteiger charge is 2.31. The van der Waals surface area contributed by atoms with Gasteiger partial charge >= 0.3 is 6.18 Å². The summed E-state index contributed by atoms with van der Waals surface area (Å²) in [6.45, 7) is 0. The monoisotopic (exact) mass is 254 g/mol. The topological polar surface area (TPSA) is 38.4 Å². The second-order valence-electron chi connectivity index (χ2n) is 2.90. The summed E-state index contributed by atoms with van der Waals surface area (Å²) in [5.74, 6) is -1.29. The molecule has 1 aromatic rings. The lowest BCUT2D eigenvalue weighted by molar-refractivity contribution is -0.137. The molecule has 0 aliphatic rings. The molecule has 0 aromatic heterocycles. The molecule has 0 aliphatic carbocycles. The van der Waals surface area contributed by atoms with Crippen LogP contribution in [0.2, 0.25) is 0 Å². The number of hydrogen-bond donors (Lipinski definition) is 1. The summed E-state index contributed by atoms with van der Waals surface area (Å²) in [6.07, 6.45) is -4.58. The molecule has 0 bridgehead atoms. The highest BCUT2D eigenvalue weighted by molar-refractivity contribution is 6.28. The molecule has 1 aromatic carbocycles. The summed E-state index contributed by atoms with van der Waals surface area (Å²) in [6, 6.07) is 1.99. The predicted molar refractivity (Wildman–Crippen MR) is 53.4 cm³/mol. The molecule has 0 amide bonds. The van der Waals surface area contributed by atoms with Gasteiger partial charge in [-0.2, -0.15) is 13.2 Å². The molecule has 0 radical (unpaired) electrons. The van der Waals surface area contributed by atoms with Crippen molar-refractivity contribution in [2.75, 3.05) is 5.88 Å². The Balaban J connectivity index is 3.10. The first-order valence-electron chi connectivity index (χ1n) is 4.10. The Hall–Kier alpha value is -1.30. The van der Waals surface area contributed by atoms with E-state index in [0.717, 1.165) is 12.1 Å². The van der Waals surface area contributed by atoms with Crippen LogP contribution in [0.1, 0.15) is 5.56 Å². The lowest BCUT2D eigenvalue weighted by Crippen LogP contribution is -2.12. The largest absolute Gasteiger partial charge is 0.416 e. The molecule has 2 nitrogen and oxygen atoms in total. The van der Waals surface area contributed by atoms with Crippen molar-refractivity contribution < 1.29 is 17.6 Å². The average Bonchev–Trinajstić information content (AvgIpc) is 2.19. The summed E-state index contributed by atoms with van der Waals surface area (Å²) in [5, 5.41) is 0. The Labute approximate surface area is 93.7 Å². The summed E-state index contributed by atoms with van der Waals surface area (Å²) >= 11 is 5.30. The van der Waals surface area contributed by atoms with Gasteiger partial charge in [-0.3, -0.25) is 0 Å². The third-order valence-electron chi connectivity index (χ3n) is 1.68. The van der Waals surface area contributed by atoms with Crippen molar-refractivity contribution >= 4 is 23.1 Å². The molecule has 0 spiro atoms. The van der Waals surface area contributed by atoms with Crippen molar-refractivity contribution in [3.05, 3.63) is 29.6 Å². The van der Waals surface area contributed by atoms with E-state index in [-0.39, 0.29) is 17.4 Å². The Morgan fingerprint density at radius 1 is 1.38 bits per heavy atom. The number of halogens is 5. The van der Waals surface area contributed by atoms with Crippen LogP contribution in [0, 0.1) is 5.82 Å². The highest BCUT2D eigenvalue weighted by atomic mass is 35.5. The van der Waals surface area contributed by atoms with Gasteiger partial charge < -0.3 is 5.73 Å². The van der Waals surface area contributed by atoms with Gasteiger partial charge in [0.1, 0.15) is 17.3 Å². The van der Waals surface area contributed by atoms with Crippen LogP contribution < -0.4 is 5.73 Å². The summed E-state index contributed by atoms with van der Waals surface area (Å²) in [5.41, 5.74) is 3.88. The first-order chi connectivity index (χ1) is 7.34. The van der Waals surface area contributed by atoms with Crippen molar-refractivity contribution in [2.45, 2.75) is 6.18 Å². The van der Waals surface area contributed by atoms with E-state index in [1.54, 1.807) is 0 Å². The van der Waals surface area contributed by atoms with Crippen molar-refractivity contribution in [1.82, 2.24) is 0 Å². The molecule has 0 aliphatic heterocycles. The van der Waals surface area contributed by atoms with Crippen LogP contribution in [0.15, 0.2) is 23.2 Å². The smallest absolute Gasteiger partial charge is 0.386 e. The zero-order chi connectivity index (χ0) is 12.3. The highest BCUT2D eigenvalue weighted by Crippen LogP contribution is 2.31. The molecule has 1 rings (SSSR count). The van der Waals surface area contributed by atoms with Gasteiger partial charge in [-0.25, -0.2) is 9.38 Å². The number of nitrogens with two attached hydrogens (primary N) is 1. The lowest BCUT2D eigenvalue weighted by Gasteiger charge is -2.07. The maximum atomic E-state index is 13.2. The van der Waals surface area contributed by atoms with E-state index in [2.05, 4.69) is 4.99 Å². The Bertz CT molecular complexity index is 414. The Morgan fingerprint density at radius 3 is 2.44 bits per heavy atom. The van der Waals surface area contributed by atoms with Crippen LogP contribution in [-0.2, 0) is 6.18 Å². The van der Waals surface area contributed by atoms with Crippen LogP contribution in [0.3, 0.4) is 0 Å². The number of rotatable bonds is 2. The van der Waals surface area contributed by atoms with Crippen molar-refractivity contribution in [1.29, 1.82) is 0 Å². The minimum absolute atomic E-state index is 0.0691. The third kappa shape index (κ3) is 3.10. The number of nitrogens with zero attached hydrogens (tertiary/aromatic N) is 1. The zero-order valence-electron chi connectivity index (χ0n) is 7.85. The quantitative estimate of drug-likeness (QED) is 0.375. The van der Waals surface area contributed by atoms with Gasteiger partial charge in [0.05, 0.1) is 11.4 Å². The van der Waals surface area contributed by atoms with Crippen LogP contribution in [0.25, 0.3) is 0 Å². The standard InChI is InChI=1S/C9H7ClF4N2/c10-4-8(15)16-7-2-1-5(3-6(7)11)9(12,13)14/h1-3H,4H2,(H2,15,16). The number of amidine groups is 1. The molecule has 0 atom stereocenters. The van der Waals surface area contributed by atoms with E-state index < -0.39 is 17.6 Å². The van der Waals surface area contributed by atoms with E-state index in [4.69, 9.17) is 17.3 Å². The Morgan fingerprint density at radius 2 is 2.00 bits per heavy atom. The maximum Gasteiger partial charge on any atom is 0.416 e. The first kappa shape index (κ1) is 12.8. The number of aliphatic imine (C=N–C) groups is 1. The fraction of sp³-hybridized carbons (Fsp3) is 0.222. The maximum absolute atomic E-state index is 13.2. The molecule has 88 valence electrons. The van der Waals surface area contributed by atoms with Gasteiger partial charge in [0, 0.05) is 0 Å². The first-order valence-corrected chi connectivity index (χ1v) is 4.64. The van der Waals surface area contributed by atoms with Crippen molar-refractivity contribution in [3.63, 3.8) is 0 Å². The molecule has 0 saturated carbocycles. The summed E-state index contributed by atoms with van der Waals surface area (Å²) in [4.78, 5) is 3.52. The van der Waals surface area contributed by atoms with Crippen LogP contribution >= 0.6 is 11.6 Å². The molecule has 0 unspecified atom stereocenters. The second-order valence-corrected chi connectivity index (χ2v) is 3.17. The van der Waals surface area contributed by atoms with Gasteiger partial charge in [-0.05, 0) is 18.2 Å². The molecular weight excluding hydrogens is 248 g/mol. The van der Waals surface area contributed by atoms with Crippen LogP contribution in [-0.4, -0.2) is 11.7 Å². The van der Waals surface area contributed by atoms with E-state index in [0.29, 0.717) is 6.07 Å². The van der Waals surface area contributed by atoms with Gasteiger partial charge in [0.25, 0.3) is 0 Å². The predicted octanol–water partition coefficient (Wildman–Crippen LogP) is 3.07. The van der Waals surface area contributed by atoms with E-state index in [9.17, 15) is 17.6 Å². The van der Waals surface area contributed by atoms with Crippen molar-refractivity contribution in [2.24, 2.45) is 10.7 Å².